The van der Waals surface area contributed by atoms with Gasteiger partial charge in [0.1, 0.15) is 30.3 Å². The Morgan fingerprint density at radius 2 is 0.496 bits per heavy atom. The Balaban J connectivity index is 1.08. The van der Waals surface area contributed by atoms with Crippen LogP contribution in [-0.4, -0.2) is 214 Å². The maximum atomic E-state index is 15.3. The van der Waals surface area contributed by atoms with E-state index in [4.69, 9.17) is 47.4 Å². The normalized spacial score (nSPS) is 14.7. The number of rotatable bonds is 22. The van der Waals surface area contributed by atoms with Crippen LogP contribution in [0.3, 0.4) is 0 Å². The summed E-state index contributed by atoms with van der Waals surface area (Å²) in [6, 6.07) is 10.5. The zero-order valence-corrected chi connectivity index (χ0v) is 59.8. The van der Waals surface area contributed by atoms with E-state index in [1.54, 1.807) is 0 Å². The summed E-state index contributed by atoms with van der Waals surface area (Å²) in [5.41, 5.74) is -9.08. The Morgan fingerprint density at radius 3 is 0.826 bits per heavy atom. The lowest BCUT2D eigenvalue weighted by molar-refractivity contribution is -0.227. The molecule has 121 heavy (non-hydrogen) atoms. The third-order valence-corrected chi connectivity index (χ3v) is 17.1. The van der Waals surface area contributed by atoms with Gasteiger partial charge in [0, 0.05) is 18.1 Å². The van der Waals surface area contributed by atoms with Crippen molar-refractivity contribution in [3.8, 4) is 167 Å². The third-order valence-electron chi connectivity index (χ3n) is 17.1. The molecule has 0 aromatic heterocycles. The minimum absolute atomic E-state index is 0.355. The third kappa shape index (κ3) is 18.0. The van der Waals surface area contributed by atoms with Gasteiger partial charge in [0.2, 0.25) is 23.0 Å². The second-order valence-corrected chi connectivity index (χ2v) is 25.4. The number of esters is 9. The van der Waals surface area contributed by atoms with E-state index in [2.05, 4.69) is 0 Å². The molecule has 0 aliphatic carbocycles. The van der Waals surface area contributed by atoms with E-state index in [0.717, 1.165) is 0 Å². The van der Waals surface area contributed by atoms with Gasteiger partial charge in [-0.05, 0) is 121 Å². The standard InChI is InChI=1S/C77H53O44/c78-34-1-25(2-35(21-34)113-70(104)26-4-37(80)57(94)38(81)5-26)75(109)121-68-66(119-76(110)32-15-49(92)64(101)53(19-32)117-73(107)29-10-43(86)60(97)44(87)11-29)55(22-36(79)24-3-47(90)62(99)51(17-24)115-71(105)27-6-39(82)58(95)40(83)7-27)114-56(23-112-69(103)31-14-48(91)63(100)52(18-31)116-72(106)28-8-41(84)59(96)42(85)9-28)67(68)120-77(111)33-16-50(93)65(102)54(20-33)118-74(108)30-12-45(88)61(98)46(89)13-30/h1-21,55-56,66-68,78,80-96,98-102H,22-23H2/t55-,56+,66-,67+,68+/m0/s1. The second kappa shape index (κ2) is 33.4. The number of benzene rings is 10. The van der Waals surface area contributed by atoms with Crippen LogP contribution < -0.4 is 23.7 Å². The summed E-state index contributed by atoms with van der Waals surface area (Å²) in [5.74, 6) is -52.0. The van der Waals surface area contributed by atoms with Crippen LogP contribution in [0, 0.1) is 0 Å². The van der Waals surface area contributed by atoms with E-state index in [1.165, 1.54) is 0 Å². The molecule has 625 valence electrons. The highest BCUT2D eigenvalue weighted by Crippen LogP contribution is 2.47. The van der Waals surface area contributed by atoms with Crippen molar-refractivity contribution in [1.29, 1.82) is 0 Å². The smallest absolute Gasteiger partial charge is 0.343 e. The van der Waals surface area contributed by atoms with Gasteiger partial charge in [-0.25, -0.2) is 43.2 Å². The Hall–Kier alpha value is -17.7. The number of hydrogen-bond donors (Lipinski definition) is 23. The van der Waals surface area contributed by atoms with E-state index in [0.29, 0.717) is 127 Å². The van der Waals surface area contributed by atoms with Crippen molar-refractivity contribution in [2.24, 2.45) is 0 Å². The zero-order chi connectivity index (χ0) is 88.5. The molecule has 0 bridgehead atoms. The molecular weight excluding hydrogens is 1630 g/mol. The highest BCUT2D eigenvalue weighted by Gasteiger charge is 2.54. The first kappa shape index (κ1) is 84.2. The molecule has 10 aromatic rings. The number of Topliss-reactive ketones (excluding diaryl/α,β-unsaturated/α-hetero) is 1. The van der Waals surface area contributed by atoms with Crippen LogP contribution in [0.25, 0.3) is 0 Å². The molecular formula is C77H53O44. The largest absolute Gasteiger partial charge is 0.508 e. The number of carbonyl (C=O) groups is 10. The molecule has 44 nitrogen and oxygen atoms in total. The van der Waals surface area contributed by atoms with E-state index in [9.17, 15) is 151 Å². The fourth-order valence-corrected chi connectivity index (χ4v) is 11.2. The van der Waals surface area contributed by atoms with E-state index in [1.807, 2.05) is 0 Å². The molecule has 44 heteroatoms. The van der Waals surface area contributed by atoms with Gasteiger partial charge in [-0.2, -0.15) is 0 Å². The lowest BCUT2D eigenvalue weighted by Crippen LogP contribution is -2.62. The SMILES string of the molecule is [O]c1c(O)cc(C(=O)Oc2cc(C(=O)O[C@@H]3[C@@H](OC(=O)c4cc(O)cc(OC(=O)c5cc(O)c(O)c(O)c5)c4)[C@H](OC(=O)c4cc(O)c(O)c(OC(=O)c5cc(O)c(O)c(O)c5)c4)[C@@H](COC(=O)c4cc(O)c(O)c(OC(=O)c5cc(O)c(O)c(O)c5)c4)O[C@H]3CC(=O)c3cc(O)c(O)c(OC(=O)c4cc(O)c(O)c(O)c4)c3)cc(O)c2O)cc1O. The van der Waals surface area contributed by atoms with Gasteiger partial charge in [-0.15, -0.1) is 0 Å². The summed E-state index contributed by atoms with van der Waals surface area (Å²) in [6.45, 7) is -1.60. The Bertz CT molecular complexity index is 5910. The van der Waals surface area contributed by atoms with Crippen molar-refractivity contribution in [2.45, 2.75) is 36.9 Å². The van der Waals surface area contributed by atoms with E-state index in [-0.39, 0.29) is 0 Å². The van der Waals surface area contributed by atoms with Crippen molar-refractivity contribution < 1.29 is 218 Å². The predicted molar refractivity (Wildman–Crippen MR) is 383 cm³/mol. The number of phenolic OH excluding ortho intramolecular Hbond substituents is 23. The molecule has 1 aliphatic rings. The van der Waals surface area contributed by atoms with Gasteiger partial charge in [0.15, 0.2) is 151 Å². The minimum atomic E-state index is -2.93. The van der Waals surface area contributed by atoms with Crippen LogP contribution in [0.1, 0.15) is 110 Å². The van der Waals surface area contributed by atoms with Crippen LogP contribution >= 0.6 is 0 Å². The van der Waals surface area contributed by atoms with Crippen molar-refractivity contribution in [3.05, 3.63) is 183 Å². The zero-order valence-electron chi connectivity index (χ0n) is 59.8. The number of phenols is 23. The first-order valence-corrected chi connectivity index (χ1v) is 33.3. The highest BCUT2D eigenvalue weighted by molar-refractivity contribution is 6.01. The van der Waals surface area contributed by atoms with Crippen LogP contribution in [0.15, 0.2) is 127 Å². The summed E-state index contributed by atoms with van der Waals surface area (Å²) in [4.78, 5) is 143. The van der Waals surface area contributed by atoms with Crippen molar-refractivity contribution in [3.63, 3.8) is 0 Å². The molecule has 1 heterocycles. The fourth-order valence-electron chi connectivity index (χ4n) is 11.2. The maximum absolute atomic E-state index is 15.3. The number of aromatic hydroxyl groups is 23. The monoisotopic (exact) mass is 1680 g/mol. The number of ether oxygens (including phenoxy) is 10. The van der Waals surface area contributed by atoms with Gasteiger partial charge in [-0.3, -0.25) is 9.90 Å². The molecule has 0 unspecified atom stereocenters. The van der Waals surface area contributed by atoms with Crippen LogP contribution in [0.4, 0.5) is 0 Å². The first-order valence-electron chi connectivity index (χ1n) is 33.3. The molecule has 10 aromatic carbocycles. The quantitative estimate of drug-likeness (QED) is 0.0121. The molecule has 0 amide bonds. The van der Waals surface area contributed by atoms with Gasteiger partial charge >= 0.3 is 53.7 Å². The van der Waals surface area contributed by atoms with Gasteiger partial charge in [0.05, 0.1) is 50.1 Å². The lowest BCUT2D eigenvalue weighted by atomic mass is 9.90. The fraction of sp³-hybridized carbons (Fsp3) is 0.0909. The Kier molecular flexibility index (Phi) is 23.2. The van der Waals surface area contributed by atoms with Gasteiger partial charge in [-0.1, -0.05) is 0 Å². The summed E-state index contributed by atoms with van der Waals surface area (Å²) in [7, 11) is 0. The van der Waals surface area contributed by atoms with Gasteiger partial charge < -0.3 is 165 Å². The van der Waals surface area contributed by atoms with Crippen LogP contribution in [0.5, 0.6) is 167 Å². The van der Waals surface area contributed by atoms with Crippen LogP contribution in [0.2, 0.25) is 0 Å². The molecule has 1 saturated heterocycles. The highest BCUT2D eigenvalue weighted by atomic mass is 16.7. The van der Waals surface area contributed by atoms with E-state index < -0.39 is 325 Å². The first-order chi connectivity index (χ1) is 56.9. The molecule has 11 rings (SSSR count). The Morgan fingerprint density at radius 1 is 0.248 bits per heavy atom. The molecule has 5 atom stereocenters. The minimum Gasteiger partial charge on any atom is -0.508 e. The maximum Gasteiger partial charge on any atom is 0.343 e. The average molecular weight is 1680 g/mol. The lowest BCUT2D eigenvalue weighted by Gasteiger charge is -2.44. The van der Waals surface area contributed by atoms with Crippen molar-refractivity contribution in [2.75, 3.05) is 6.61 Å². The second-order valence-electron chi connectivity index (χ2n) is 25.4. The summed E-state index contributed by atoms with van der Waals surface area (Å²) < 4.78 is 55.6. The topological polar surface area (TPSA) is 748 Å². The Labute approximate surface area is 668 Å². The number of hydrogen-bond acceptors (Lipinski definition) is 43. The van der Waals surface area contributed by atoms with Gasteiger partial charge in [0.25, 0.3) is 5.75 Å². The predicted octanol–water partition coefficient (Wildman–Crippen LogP) is 6.03. The van der Waals surface area contributed by atoms with Crippen molar-refractivity contribution in [1.82, 2.24) is 0 Å². The summed E-state index contributed by atoms with van der Waals surface area (Å²) in [5, 5.41) is 252. The molecule has 0 saturated carbocycles. The van der Waals surface area contributed by atoms with E-state index >= 15 is 19.2 Å². The summed E-state index contributed by atoms with van der Waals surface area (Å²) >= 11 is 0. The molecule has 1 radical (unpaired) electrons. The molecule has 1 fully saturated rings. The average Bonchev–Trinajstić information content (AvgIpc) is 0.762. The van der Waals surface area contributed by atoms with Crippen LogP contribution in [-0.2, 0) is 28.8 Å². The van der Waals surface area contributed by atoms with Crippen molar-refractivity contribution >= 4 is 59.5 Å². The molecule has 1 aliphatic heterocycles. The number of ketones is 1. The number of carbonyl (C=O) groups excluding carboxylic acids is 10. The summed E-state index contributed by atoms with van der Waals surface area (Å²) in [6.07, 6.45) is -15.3. The molecule has 23 N–H and O–H groups in total. The molecule has 0 spiro atoms.